The summed E-state index contributed by atoms with van der Waals surface area (Å²) >= 11 is 0. The molecule has 8 nitrogen and oxygen atoms in total. The molecule has 1 saturated heterocycles. The predicted molar refractivity (Wildman–Crippen MR) is 114 cm³/mol. The molecule has 9 heteroatoms. The summed E-state index contributed by atoms with van der Waals surface area (Å²) in [6.07, 6.45) is 2.12. The Balaban J connectivity index is 1.75. The zero-order valence-electron chi connectivity index (χ0n) is 17.8. The Hall–Kier alpha value is -3.20. The zero-order chi connectivity index (χ0) is 21.9. The molecule has 3 aromatic heterocycles. The number of hydrogen-bond donors (Lipinski definition) is 0. The van der Waals surface area contributed by atoms with Gasteiger partial charge < -0.3 is 9.30 Å². The van der Waals surface area contributed by atoms with Crippen molar-refractivity contribution in [3.63, 3.8) is 0 Å². The number of halogens is 1. The molecule has 1 atom stereocenters. The van der Waals surface area contributed by atoms with Crippen molar-refractivity contribution in [1.29, 1.82) is 0 Å². The van der Waals surface area contributed by atoms with Gasteiger partial charge in [0.25, 0.3) is 5.56 Å². The lowest BCUT2D eigenvalue weighted by atomic mass is 10.2. The molecule has 1 aliphatic rings. The molecule has 31 heavy (non-hydrogen) atoms. The second-order valence-corrected chi connectivity index (χ2v) is 8.16. The summed E-state index contributed by atoms with van der Waals surface area (Å²) in [5.41, 5.74) is 1.79. The van der Waals surface area contributed by atoms with Crippen molar-refractivity contribution >= 4 is 16.9 Å². The van der Waals surface area contributed by atoms with Crippen LogP contribution in [0.4, 0.5) is 4.39 Å². The van der Waals surface area contributed by atoms with Crippen molar-refractivity contribution in [2.75, 3.05) is 6.61 Å². The molecule has 4 aromatic rings. The van der Waals surface area contributed by atoms with Crippen LogP contribution in [0, 0.1) is 19.7 Å². The highest BCUT2D eigenvalue weighted by Gasteiger charge is 2.25. The second kappa shape index (κ2) is 7.19. The van der Waals surface area contributed by atoms with Gasteiger partial charge in [-0.05, 0) is 32.8 Å². The number of benzene rings is 1. The van der Waals surface area contributed by atoms with Crippen molar-refractivity contribution in [2.45, 2.75) is 45.9 Å². The van der Waals surface area contributed by atoms with Crippen molar-refractivity contribution in [1.82, 2.24) is 23.1 Å². The third-order valence-corrected chi connectivity index (χ3v) is 6.33. The van der Waals surface area contributed by atoms with E-state index < -0.39 is 17.1 Å². The molecule has 0 amide bonds. The van der Waals surface area contributed by atoms with Crippen LogP contribution in [0.25, 0.3) is 16.9 Å². The SMILES string of the molecule is Cc1c(C)n2c3c(=O)n(Cc4ccccc4F)c(=O)n(C)c3nc2n1C[C@H]1CCCO1. The van der Waals surface area contributed by atoms with E-state index >= 15 is 0 Å². The van der Waals surface area contributed by atoms with E-state index in [1.54, 1.807) is 29.6 Å². The topological polar surface area (TPSA) is 75.5 Å². The van der Waals surface area contributed by atoms with E-state index in [-0.39, 0.29) is 18.2 Å². The van der Waals surface area contributed by atoms with E-state index in [0.29, 0.717) is 23.5 Å². The molecular formula is C22H24FN5O3. The Morgan fingerprint density at radius 2 is 1.94 bits per heavy atom. The number of hydrogen-bond acceptors (Lipinski definition) is 4. The zero-order valence-corrected chi connectivity index (χ0v) is 17.8. The molecule has 0 spiro atoms. The Labute approximate surface area is 177 Å². The summed E-state index contributed by atoms with van der Waals surface area (Å²) in [4.78, 5) is 31.1. The first kappa shape index (κ1) is 19.7. The number of nitrogens with zero attached hydrogens (tertiary/aromatic N) is 5. The van der Waals surface area contributed by atoms with Gasteiger partial charge in [0.1, 0.15) is 5.82 Å². The lowest BCUT2D eigenvalue weighted by Crippen LogP contribution is -2.39. The van der Waals surface area contributed by atoms with Crippen molar-refractivity contribution < 1.29 is 9.13 Å². The van der Waals surface area contributed by atoms with E-state index in [0.717, 1.165) is 35.4 Å². The molecule has 4 heterocycles. The summed E-state index contributed by atoms with van der Waals surface area (Å²) in [7, 11) is 1.58. The highest BCUT2D eigenvalue weighted by molar-refractivity contribution is 5.76. The smallest absolute Gasteiger partial charge is 0.332 e. The van der Waals surface area contributed by atoms with E-state index in [2.05, 4.69) is 9.55 Å². The number of ether oxygens (including phenoxy) is 1. The largest absolute Gasteiger partial charge is 0.376 e. The highest BCUT2D eigenvalue weighted by Crippen LogP contribution is 2.23. The average Bonchev–Trinajstić information content (AvgIpc) is 3.46. The summed E-state index contributed by atoms with van der Waals surface area (Å²) < 4.78 is 26.3. The van der Waals surface area contributed by atoms with E-state index in [4.69, 9.17) is 4.74 Å². The maximum atomic E-state index is 14.2. The molecule has 0 bridgehead atoms. The summed E-state index contributed by atoms with van der Waals surface area (Å²) in [5, 5.41) is 0. The van der Waals surface area contributed by atoms with E-state index in [1.807, 2.05) is 13.8 Å². The van der Waals surface area contributed by atoms with E-state index in [1.165, 1.54) is 10.6 Å². The van der Waals surface area contributed by atoms with E-state index in [9.17, 15) is 14.0 Å². The molecule has 0 aliphatic carbocycles. The molecule has 0 radical (unpaired) electrons. The third-order valence-electron chi connectivity index (χ3n) is 6.33. The fraction of sp³-hybridized carbons (Fsp3) is 0.409. The molecule has 1 aliphatic heterocycles. The second-order valence-electron chi connectivity index (χ2n) is 8.16. The number of aromatic nitrogens is 5. The number of imidazole rings is 2. The number of fused-ring (bicyclic) bond motifs is 3. The standard InChI is InChI=1S/C22H24FN5O3/c1-13-14(2)28-18-19(24-21(28)26(13)12-16-8-6-10-31-16)25(3)22(30)27(20(18)29)11-15-7-4-5-9-17(15)23/h4-5,7,9,16H,6,8,10-12H2,1-3H3/t16-/m1/s1. The molecule has 162 valence electrons. The molecule has 1 fully saturated rings. The lowest BCUT2D eigenvalue weighted by molar-refractivity contribution is 0.0974. The van der Waals surface area contributed by atoms with Crippen LogP contribution in [-0.4, -0.2) is 35.8 Å². The van der Waals surface area contributed by atoms with Gasteiger partial charge in [-0.3, -0.25) is 18.3 Å². The van der Waals surface area contributed by atoms with Gasteiger partial charge in [-0.25, -0.2) is 9.18 Å². The average molecular weight is 425 g/mol. The molecule has 0 unspecified atom stereocenters. The predicted octanol–water partition coefficient (Wildman–Crippen LogP) is 2.13. The van der Waals surface area contributed by atoms with Crippen LogP contribution in [0.1, 0.15) is 29.8 Å². The van der Waals surface area contributed by atoms with Gasteiger partial charge in [0.05, 0.1) is 19.2 Å². The quantitative estimate of drug-likeness (QED) is 0.502. The van der Waals surface area contributed by atoms with Gasteiger partial charge in [0.2, 0.25) is 5.78 Å². The highest BCUT2D eigenvalue weighted by atomic mass is 19.1. The van der Waals surface area contributed by atoms with Crippen molar-refractivity contribution in [3.05, 3.63) is 67.9 Å². The fourth-order valence-electron chi connectivity index (χ4n) is 4.46. The van der Waals surface area contributed by atoms with Gasteiger partial charge in [-0.15, -0.1) is 0 Å². The van der Waals surface area contributed by atoms with Gasteiger partial charge in [0, 0.05) is 30.6 Å². The Morgan fingerprint density at radius 1 is 1.16 bits per heavy atom. The monoisotopic (exact) mass is 425 g/mol. The molecular weight excluding hydrogens is 401 g/mol. The lowest BCUT2D eigenvalue weighted by Gasteiger charge is -2.12. The summed E-state index contributed by atoms with van der Waals surface area (Å²) in [6.45, 7) is 5.18. The van der Waals surface area contributed by atoms with Crippen molar-refractivity contribution in [2.24, 2.45) is 7.05 Å². The van der Waals surface area contributed by atoms with Crippen LogP contribution < -0.4 is 11.2 Å². The van der Waals surface area contributed by atoms with Gasteiger partial charge >= 0.3 is 5.69 Å². The minimum Gasteiger partial charge on any atom is -0.376 e. The molecule has 0 saturated carbocycles. The Morgan fingerprint density at radius 3 is 2.65 bits per heavy atom. The van der Waals surface area contributed by atoms with Gasteiger partial charge in [0.15, 0.2) is 11.2 Å². The normalized spacial score (nSPS) is 16.7. The number of rotatable bonds is 4. The molecule has 0 N–H and O–H groups in total. The summed E-state index contributed by atoms with van der Waals surface area (Å²) in [6, 6.07) is 6.15. The van der Waals surface area contributed by atoms with Gasteiger partial charge in [-0.1, -0.05) is 18.2 Å². The summed E-state index contributed by atoms with van der Waals surface area (Å²) in [5.74, 6) is 0.154. The minimum atomic E-state index is -0.526. The third kappa shape index (κ3) is 2.95. The van der Waals surface area contributed by atoms with Crippen LogP contribution in [0.15, 0.2) is 33.9 Å². The van der Waals surface area contributed by atoms with Crippen LogP contribution in [0.5, 0.6) is 0 Å². The van der Waals surface area contributed by atoms with Crippen LogP contribution >= 0.6 is 0 Å². The van der Waals surface area contributed by atoms with Crippen LogP contribution in [0.3, 0.4) is 0 Å². The molecule has 5 rings (SSSR count). The minimum absolute atomic E-state index is 0.107. The first-order valence-electron chi connectivity index (χ1n) is 10.4. The van der Waals surface area contributed by atoms with Crippen LogP contribution in [0.2, 0.25) is 0 Å². The maximum absolute atomic E-state index is 14.2. The van der Waals surface area contributed by atoms with Crippen molar-refractivity contribution in [3.8, 4) is 0 Å². The van der Waals surface area contributed by atoms with Gasteiger partial charge in [-0.2, -0.15) is 4.98 Å². The first-order valence-corrected chi connectivity index (χ1v) is 10.4. The Bertz CT molecular complexity index is 1440. The first-order chi connectivity index (χ1) is 14.9. The number of aryl methyl sites for hydroxylation is 2. The van der Waals surface area contributed by atoms with Crippen LogP contribution in [-0.2, 0) is 24.9 Å². The maximum Gasteiger partial charge on any atom is 0.332 e. The Kier molecular flexibility index (Phi) is 4.58. The molecule has 1 aromatic carbocycles. The fourth-order valence-corrected chi connectivity index (χ4v) is 4.46.